The number of nitrogens with one attached hydrogen (secondary N) is 2. The van der Waals surface area contributed by atoms with Gasteiger partial charge in [-0.1, -0.05) is 15.9 Å². The average molecular weight is 476 g/mol. The Morgan fingerprint density at radius 1 is 0.871 bits per heavy atom. The van der Waals surface area contributed by atoms with E-state index in [1.54, 1.807) is 14.2 Å². The van der Waals surface area contributed by atoms with Gasteiger partial charge in [0.05, 0.1) is 31.5 Å². The molecule has 2 heterocycles. The minimum atomic E-state index is 0.150. The molecule has 31 heavy (non-hydrogen) atoms. The lowest BCUT2D eigenvalue weighted by Crippen LogP contribution is -2.05. The van der Waals surface area contributed by atoms with E-state index in [4.69, 9.17) is 14.5 Å². The number of benzene rings is 3. The van der Waals surface area contributed by atoms with E-state index < -0.39 is 0 Å². The van der Waals surface area contributed by atoms with Crippen molar-refractivity contribution in [1.82, 2.24) is 9.97 Å². The lowest BCUT2D eigenvalue weighted by atomic mass is 10.0. The van der Waals surface area contributed by atoms with E-state index in [2.05, 4.69) is 56.6 Å². The zero-order valence-electron chi connectivity index (χ0n) is 17.3. The molecule has 0 saturated heterocycles. The van der Waals surface area contributed by atoms with Crippen molar-refractivity contribution in [3.63, 3.8) is 0 Å². The summed E-state index contributed by atoms with van der Waals surface area (Å²) >= 11 is 3.60. The number of hydrogen-bond donors (Lipinski definition) is 2. The number of imidazole rings is 1. The molecule has 2 N–H and O–H groups in total. The Balaban J connectivity index is 1.62. The molecule has 1 aromatic heterocycles. The third-order valence-electron chi connectivity index (χ3n) is 5.68. The van der Waals surface area contributed by atoms with Gasteiger partial charge in [0.2, 0.25) is 0 Å². The number of aromatic nitrogens is 2. The molecule has 0 aliphatic carbocycles. The summed E-state index contributed by atoms with van der Waals surface area (Å²) in [6.45, 7) is 0.809. The first-order valence-electron chi connectivity index (χ1n) is 10.1. The molecule has 4 aromatic rings. The summed E-state index contributed by atoms with van der Waals surface area (Å²) in [5.74, 6) is 2.75. The number of fused-ring (bicyclic) bond motifs is 1. The van der Waals surface area contributed by atoms with E-state index in [1.165, 1.54) is 5.56 Å². The summed E-state index contributed by atoms with van der Waals surface area (Å²) < 4.78 is 11.7. The van der Waals surface area contributed by atoms with E-state index in [0.717, 1.165) is 56.5 Å². The summed E-state index contributed by atoms with van der Waals surface area (Å²) in [4.78, 5) is 8.71. The van der Waals surface area contributed by atoms with Gasteiger partial charge >= 0.3 is 0 Å². The number of ether oxygens (including phenoxy) is 2. The van der Waals surface area contributed by atoms with E-state index in [9.17, 15) is 0 Å². The molecule has 0 amide bonds. The lowest BCUT2D eigenvalue weighted by Gasteiger charge is -2.07. The van der Waals surface area contributed by atoms with Gasteiger partial charge in [-0.3, -0.25) is 0 Å². The number of aromatic amines is 1. The molecule has 1 aliphatic heterocycles. The SMILES string of the molecule is COc1ccc(-c2nc(C3CNc4ccc(Br)cc43)[nH]c2-c2ccc(OC)cc2)cc1. The summed E-state index contributed by atoms with van der Waals surface area (Å²) in [5, 5.41) is 3.50. The van der Waals surface area contributed by atoms with Crippen molar-refractivity contribution in [3.8, 4) is 34.0 Å². The van der Waals surface area contributed by atoms with Gasteiger partial charge in [-0.2, -0.15) is 0 Å². The first-order chi connectivity index (χ1) is 15.2. The monoisotopic (exact) mass is 475 g/mol. The van der Waals surface area contributed by atoms with Crippen LogP contribution in [0.2, 0.25) is 0 Å². The van der Waals surface area contributed by atoms with Gasteiger partial charge in [0, 0.05) is 27.8 Å². The molecular weight excluding hydrogens is 454 g/mol. The van der Waals surface area contributed by atoms with Crippen LogP contribution in [0.4, 0.5) is 5.69 Å². The number of anilines is 1. The fraction of sp³-hybridized carbons (Fsp3) is 0.160. The standard InChI is InChI=1S/C25H22BrN3O2/c1-30-18-8-3-15(4-9-18)23-24(16-5-10-19(31-2)11-6-16)29-25(28-23)21-14-27-22-12-7-17(26)13-20(21)22/h3-13,21,27H,14H2,1-2H3,(H,28,29). The minimum absolute atomic E-state index is 0.150. The van der Waals surface area contributed by atoms with Crippen LogP contribution in [-0.2, 0) is 0 Å². The highest BCUT2D eigenvalue weighted by molar-refractivity contribution is 9.10. The number of halogens is 1. The van der Waals surface area contributed by atoms with Crippen LogP contribution in [0.1, 0.15) is 17.3 Å². The smallest absolute Gasteiger partial charge is 0.118 e. The average Bonchev–Trinajstić information content (AvgIpc) is 3.43. The summed E-state index contributed by atoms with van der Waals surface area (Å²) in [6.07, 6.45) is 0. The topological polar surface area (TPSA) is 59.2 Å². The molecule has 3 aromatic carbocycles. The third-order valence-corrected chi connectivity index (χ3v) is 6.17. The Morgan fingerprint density at radius 3 is 2.16 bits per heavy atom. The van der Waals surface area contributed by atoms with E-state index in [1.807, 2.05) is 36.4 Å². The fourth-order valence-electron chi connectivity index (χ4n) is 4.03. The number of rotatable bonds is 5. The van der Waals surface area contributed by atoms with Crippen LogP contribution < -0.4 is 14.8 Å². The Bertz CT molecular complexity index is 1150. The van der Waals surface area contributed by atoms with Crippen LogP contribution in [0, 0.1) is 0 Å². The second-order valence-electron chi connectivity index (χ2n) is 7.47. The van der Waals surface area contributed by atoms with Crippen molar-refractivity contribution >= 4 is 21.6 Å². The summed E-state index contributed by atoms with van der Waals surface area (Å²) in [5.41, 5.74) is 6.41. The first-order valence-corrected chi connectivity index (χ1v) is 10.9. The largest absolute Gasteiger partial charge is 0.497 e. The van der Waals surface area contributed by atoms with Crippen LogP contribution in [-0.4, -0.2) is 30.7 Å². The van der Waals surface area contributed by atoms with Crippen molar-refractivity contribution in [2.75, 3.05) is 26.1 Å². The van der Waals surface area contributed by atoms with Gasteiger partial charge in [-0.25, -0.2) is 4.98 Å². The van der Waals surface area contributed by atoms with Crippen molar-refractivity contribution in [2.45, 2.75) is 5.92 Å². The lowest BCUT2D eigenvalue weighted by molar-refractivity contribution is 0.414. The predicted molar refractivity (Wildman–Crippen MR) is 127 cm³/mol. The van der Waals surface area contributed by atoms with Crippen LogP contribution in [0.3, 0.4) is 0 Å². The summed E-state index contributed by atoms with van der Waals surface area (Å²) in [6, 6.07) is 22.4. The molecule has 0 saturated carbocycles. The first kappa shape index (κ1) is 19.7. The molecule has 156 valence electrons. The van der Waals surface area contributed by atoms with Gasteiger partial charge < -0.3 is 19.8 Å². The van der Waals surface area contributed by atoms with Crippen molar-refractivity contribution in [1.29, 1.82) is 0 Å². The summed E-state index contributed by atoms with van der Waals surface area (Å²) in [7, 11) is 3.35. The predicted octanol–water partition coefficient (Wildman–Crippen LogP) is 6.08. The highest BCUT2D eigenvalue weighted by atomic mass is 79.9. The molecule has 0 radical (unpaired) electrons. The van der Waals surface area contributed by atoms with Gasteiger partial charge in [0.25, 0.3) is 0 Å². The zero-order chi connectivity index (χ0) is 21.4. The third kappa shape index (κ3) is 3.68. The Labute approximate surface area is 189 Å². The van der Waals surface area contributed by atoms with Gasteiger partial charge in [0.15, 0.2) is 0 Å². The molecule has 5 nitrogen and oxygen atoms in total. The molecule has 5 rings (SSSR count). The molecule has 1 atom stereocenters. The van der Waals surface area contributed by atoms with Crippen LogP contribution in [0.15, 0.2) is 71.2 Å². The van der Waals surface area contributed by atoms with E-state index in [-0.39, 0.29) is 5.92 Å². The number of nitrogens with zero attached hydrogens (tertiary/aromatic N) is 1. The number of methoxy groups -OCH3 is 2. The highest BCUT2D eigenvalue weighted by Gasteiger charge is 2.28. The van der Waals surface area contributed by atoms with Crippen molar-refractivity contribution < 1.29 is 9.47 Å². The van der Waals surface area contributed by atoms with Crippen LogP contribution in [0.25, 0.3) is 22.5 Å². The van der Waals surface area contributed by atoms with Gasteiger partial charge in [-0.05, 0) is 72.3 Å². The molecule has 0 bridgehead atoms. The zero-order valence-corrected chi connectivity index (χ0v) is 18.9. The maximum atomic E-state index is 5.33. The Morgan fingerprint density at radius 2 is 1.52 bits per heavy atom. The second-order valence-corrected chi connectivity index (χ2v) is 8.38. The quantitative estimate of drug-likeness (QED) is 0.367. The Hall–Kier alpha value is -3.25. The molecule has 0 spiro atoms. The van der Waals surface area contributed by atoms with Gasteiger partial charge in [-0.15, -0.1) is 0 Å². The molecule has 1 aliphatic rings. The highest BCUT2D eigenvalue weighted by Crippen LogP contribution is 2.40. The fourth-order valence-corrected chi connectivity index (χ4v) is 4.41. The van der Waals surface area contributed by atoms with Crippen molar-refractivity contribution in [3.05, 3.63) is 82.6 Å². The number of hydrogen-bond acceptors (Lipinski definition) is 4. The van der Waals surface area contributed by atoms with Crippen molar-refractivity contribution in [2.24, 2.45) is 0 Å². The minimum Gasteiger partial charge on any atom is -0.497 e. The molecular formula is C25H22BrN3O2. The Kier molecular flexibility index (Phi) is 5.16. The molecule has 0 fully saturated rings. The van der Waals surface area contributed by atoms with Crippen LogP contribution >= 0.6 is 15.9 Å². The molecule has 6 heteroatoms. The molecule has 1 unspecified atom stereocenters. The maximum absolute atomic E-state index is 5.33. The second kappa shape index (κ2) is 8.12. The van der Waals surface area contributed by atoms with E-state index >= 15 is 0 Å². The van der Waals surface area contributed by atoms with E-state index in [0.29, 0.717) is 0 Å². The number of H-pyrrole nitrogens is 1. The maximum Gasteiger partial charge on any atom is 0.118 e. The van der Waals surface area contributed by atoms with Crippen LogP contribution in [0.5, 0.6) is 11.5 Å². The van der Waals surface area contributed by atoms with Gasteiger partial charge in [0.1, 0.15) is 17.3 Å². The normalized spacial score (nSPS) is 14.7.